The summed E-state index contributed by atoms with van der Waals surface area (Å²) in [6.45, 7) is 1.69. The van der Waals surface area contributed by atoms with Crippen molar-refractivity contribution < 1.29 is 23.6 Å². The lowest BCUT2D eigenvalue weighted by atomic mass is 10.2. The molecule has 0 spiro atoms. The van der Waals surface area contributed by atoms with Crippen LogP contribution >= 0.6 is 0 Å². The second-order valence-electron chi connectivity index (χ2n) is 7.46. The van der Waals surface area contributed by atoms with E-state index in [0.29, 0.717) is 36.6 Å². The highest BCUT2D eigenvalue weighted by Crippen LogP contribution is 2.30. The minimum Gasteiger partial charge on any atom is -0.466 e. The zero-order chi connectivity index (χ0) is 23.2. The number of imidazole rings is 1. The number of para-hydroxylation sites is 2. The fraction of sp³-hybridized carbons (Fsp3) is 0.348. The van der Waals surface area contributed by atoms with Gasteiger partial charge in [0, 0.05) is 25.2 Å². The van der Waals surface area contributed by atoms with E-state index in [1.807, 2.05) is 24.3 Å². The van der Waals surface area contributed by atoms with Gasteiger partial charge in [-0.25, -0.2) is 9.37 Å². The number of ether oxygens (including phenoxy) is 1. The van der Waals surface area contributed by atoms with Crippen molar-refractivity contribution in [3.63, 3.8) is 0 Å². The number of unbranched alkanes of at least 4 members (excludes halogenated alkanes) is 1. The molecule has 1 aliphatic rings. The summed E-state index contributed by atoms with van der Waals surface area (Å²) >= 11 is 0. The van der Waals surface area contributed by atoms with Crippen molar-refractivity contribution >= 4 is 34.3 Å². The Hall–Kier alpha value is -3.82. The minimum absolute atomic E-state index is 0.116. The van der Waals surface area contributed by atoms with Gasteiger partial charge in [-0.05, 0) is 31.0 Å². The molecule has 0 radical (unpaired) electrons. The van der Waals surface area contributed by atoms with Crippen molar-refractivity contribution in [2.24, 2.45) is 5.16 Å². The number of carbonyl (C=O) groups excluding carboxylic acids is 2. The summed E-state index contributed by atoms with van der Waals surface area (Å²) in [5.41, 5.74) is 3.07. The lowest BCUT2D eigenvalue weighted by Gasteiger charge is -2.17. The number of pyridine rings is 1. The summed E-state index contributed by atoms with van der Waals surface area (Å²) < 4.78 is 19.5. The molecule has 1 aromatic carbocycles. The van der Waals surface area contributed by atoms with Gasteiger partial charge in [0.15, 0.2) is 5.71 Å². The zero-order valence-electron chi connectivity index (χ0n) is 18.2. The second kappa shape index (κ2) is 10.2. The van der Waals surface area contributed by atoms with Crippen LogP contribution in [0.1, 0.15) is 31.2 Å². The van der Waals surface area contributed by atoms with Crippen LogP contribution in [-0.2, 0) is 32.3 Å². The molecule has 0 bridgehead atoms. The predicted molar refractivity (Wildman–Crippen MR) is 119 cm³/mol. The maximum atomic E-state index is 13.2. The lowest BCUT2D eigenvalue weighted by Crippen LogP contribution is -2.31. The van der Waals surface area contributed by atoms with E-state index >= 15 is 0 Å². The summed E-state index contributed by atoms with van der Waals surface area (Å²) in [7, 11) is 0. The molecule has 3 heterocycles. The summed E-state index contributed by atoms with van der Waals surface area (Å²) in [6, 6.07) is 9.45. The molecule has 0 fully saturated rings. The Balaban J connectivity index is 1.60. The number of hydrogen-bond acceptors (Lipinski definition) is 7. The van der Waals surface area contributed by atoms with Crippen LogP contribution in [0.2, 0.25) is 0 Å². The van der Waals surface area contributed by atoms with Crippen molar-refractivity contribution in [3.8, 4) is 0 Å². The molecule has 1 aliphatic heterocycles. The SMILES string of the molecule is CC(=O)OCCCCn1c(CN2C(=O)C(=NOCCF)c3ccncc32)nc2ccccc21. The maximum Gasteiger partial charge on any atom is 0.302 e. The summed E-state index contributed by atoms with van der Waals surface area (Å²) in [6.07, 6.45) is 4.65. The molecule has 0 unspecified atom stereocenters. The molecule has 0 saturated carbocycles. The number of oxime groups is 1. The number of esters is 1. The van der Waals surface area contributed by atoms with Gasteiger partial charge in [-0.1, -0.05) is 17.3 Å². The number of benzene rings is 1. The number of hydrogen-bond donors (Lipinski definition) is 0. The first kappa shape index (κ1) is 22.4. The Morgan fingerprint density at radius 3 is 2.85 bits per heavy atom. The highest BCUT2D eigenvalue weighted by Gasteiger charge is 2.36. The van der Waals surface area contributed by atoms with Crippen LogP contribution in [0.4, 0.5) is 10.1 Å². The van der Waals surface area contributed by atoms with E-state index < -0.39 is 6.67 Å². The number of aryl methyl sites for hydroxylation is 1. The molecule has 4 rings (SSSR count). The molecule has 1 amide bonds. The van der Waals surface area contributed by atoms with Crippen molar-refractivity contribution in [2.75, 3.05) is 24.8 Å². The molecule has 0 saturated heterocycles. The number of nitrogens with zero attached hydrogens (tertiary/aromatic N) is 5. The van der Waals surface area contributed by atoms with E-state index in [4.69, 9.17) is 14.6 Å². The zero-order valence-corrected chi connectivity index (χ0v) is 18.2. The highest BCUT2D eigenvalue weighted by atomic mass is 19.1. The van der Waals surface area contributed by atoms with E-state index in [-0.39, 0.29) is 30.7 Å². The minimum atomic E-state index is -0.695. The molecule has 0 atom stereocenters. The van der Waals surface area contributed by atoms with Crippen LogP contribution in [0.25, 0.3) is 11.0 Å². The Morgan fingerprint density at radius 2 is 2.03 bits per heavy atom. The molecule has 0 aliphatic carbocycles. The first-order chi connectivity index (χ1) is 16.1. The van der Waals surface area contributed by atoms with Gasteiger partial charge in [0.1, 0.15) is 19.1 Å². The number of amides is 1. The van der Waals surface area contributed by atoms with Crippen LogP contribution in [-0.4, -0.2) is 52.0 Å². The number of alkyl halides is 1. The standard InChI is InChI=1S/C23H24FN5O4/c1-16(30)32-12-5-4-11-28-19-7-3-2-6-18(19)26-21(28)15-29-20-14-25-10-8-17(20)22(23(29)31)27-33-13-9-24/h2-3,6-8,10,14H,4-5,9,11-13,15H2,1H3. The van der Waals surface area contributed by atoms with Crippen LogP contribution in [0.5, 0.6) is 0 Å². The molecule has 172 valence electrons. The second-order valence-corrected chi connectivity index (χ2v) is 7.46. The van der Waals surface area contributed by atoms with Crippen molar-refractivity contribution in [1.29, 1.82) is 0 Å². The normalized spacial score (nSPS) is 14.2. The predicted octanol–water partition coefficient (Wildman–Crippen LogP) is 3.01. The first-order valence-electron chi connectivity index (χ1n) is 10.7. The van der Waals surface area contributed by atoms with Gasteiger partial charge >= 0.3 is 5.97 Å². The van der Waals surface area contributed by atoms with Crippen LogP contribution in [0.15, 0.2) is 47.9 Å². The van der Waals surface area contributed by atoms with Crippen molar-refractivity contribution in [3.05, 3.63) is 54.1 Å². The number of carbonyl (C=O) groups is 2. The van der Waals surface area contributed by atoms with Crippen LogP contribution in [0, 0.1) is 0 Å². The van der Waals surface area contributed by atoms with E-state index in [1.54, 1.807) is 23.4 Å². The van der Waals surface area contributed by atoms with Crippen LogP contribution < -0.4 is 4.90 Å². The van der Waals surface area contributed by atoms with E-state index in [0.717, 1.165) is 17.5 Å². The van der Waals surface area contributed by atoms with E-state index in [9.17, 15) is 14.0 Å². The number of halogens is 1. The third-order valence-electron chi connectivity index (χ3n) is 5.23. The van der Waals surface area contributed by atoms with E-state index in [1.165, 1.54) is 6.92 Å². The third kappa shape index (κ3) is 4.84. The number of rotatable bonds is 10. The Labute approximate surface area is 189 Å². The van der Waals surface area contributed by atoms with Crippen molar-refractivity contribution in [1.82, 2.24) is 14.5 Å². The summed E-state index contributed by atoms with van der Waals surface area (Å²) in [4.78, 5) is 39.5. The molecular weight excluding hydrogens is 429 g/mol. The highest BCUT2D eigenvalue weighted by molar-refractivity contribution is 6.54. The fourth-order valence-corrected chi connectivity index (χ4v) is 3.77. The monoisotopic (exact) mass is 453 g/mol. The Morgan fingerprint density at radius 1 is 1.18 bits per heavy atom. The average molecular weight is 453 g/mol. The number of aromatic nitrogens is 3. The van der Waals surface area contributed by atoms with Crippen molar-refractivity contribution in [2.45, 2.75) is 32.9 Å². The van der Waals surface area contributed by atoms with Gasteiger partial charge in [-0.15, -0.1) is 0 Å². The molecule has 2 aromatic heterocycles. The molecule has 3 aromatic rings. The molecule has 0 N–H and O–H groups in total. The van der Waals surface area contributed by atoms with Gasteiger partial charge in [-0.3, -0.25) is 19.5 Å². The number of fused-ring (bicyclic) bond motifs is 2. The lowest BCUT2D eigenvalue weighted by molar-refractivity contribution is -0.141. The Bertz CT molecular complexity index is 1190. The van der Waals surface area contributed by atoms with Gasteiger partial charge in [0.05, 0.1) is 36.1 Å². The van der Waals surface area contributed by atoms with Crippen LogP contribution in [0.3, 0.4) is 0 Å². The quantitative estimate of drug-likeness (QED) is 0.266. The smallest absolute Gasteiger partial charge is 0.302 e. The summed E-state index contributed by atoms with van der Waals surface area (Å²) in [5.74, 6) is 0.0552. The largest absolute Gasteiger partial charge is 0.466 e. The Kier molecular flexibility index (Phi) is 6.92. The number of anilines is 1. The molecule has 9 nitrogen and oxygen atoms in total. The van der Waals surface area contributed by atoms with Gasteiger partial charge in [0.2, 0.25) is 0 Å². The maximum absolute atomic E-state index is 13.2. The fourth-order valence-electron chi connectivity index (χ4n) is 3.77. The van der Waals surface area contributed by atoms with Gasteiger partial charge in [0.25, 0.3) is 5.91 Å². The van der Waals surface area contributed by atoms with Gasteiger partial charge < -0.3 is 14.1 Å². The topological polar surface area (TPSA) is 98.9 Å². The summed E-state index contributed by atoms with van der Waals surface area (Å²) in [5, 5.41) is 3.87. The van der Waals surface area contributed by atoms with Gasteiger partial charge in [-0.2, -0.15) is 0 Å². The molecule has 10 heteroatoms. The molecular formula is C23H24FN5O4. The molecule has 33 heavy (non-hydrogen) atoms. The average Bonchev–Trinajstić information content (AvgIpc) is 3.29. The first-order valence-corrected chi connectivity index (χ1v) is 10.7. The van der Waals surface area contributed by atoms with E-state index in [2.05, 4.69) is 14.7 Å². The third-order valence-corrected chi connectivity index (χ3v) is 5.23.